The van der Waals surface area contributed by atoms with Gasteiger partial charge in [-0.3, -0.25) is 14.6 Å². The molecule has 0 radical (unpaired) electrons. The van der Waals surface area contributed by atoms with Gasteiger partial charge in [0.15, 0.2) is 0 Å². The van der Waals surface area contributed by atoms with E-state index in [0.717, 1.165) is 52.0 Å². The number of aryl methyl sites for hydroxylation is 1. The van der Waals surface area contributed by atoms with E-state index in [2.05, 4.69) is 28.2 Å². The minimum absolute atomic E-state index is 0.198. The molecule has 0 atom stereocenters. The number of piperidine rings is 1. The summed E-state index contributed by atoms with van der Waals surface area (Å²) in [5, 5.41) is 12.1. The van der Waals surface area contributed by atoms with E-state index in [1.807, 2.05) is 23.9 Å². The molecule has 6 heteroatoms. The minimum Gasteiger partial charge on any atom is -0.354 e. The first kappa shape index (κ1) is 16.0. The van der Waals surface area contributed by atoms with Crippen molar-refractivity contribution in [1.82, 2.24) is 19.7 Å². The molecule has 2 fully saturated rings. The van der Waals surface area contributed by atoms with E-state index in [4.69, 9.17) is 5.26 Å². The van der Waals surface area contributed by atoms with Crippen LogP contribution in [0, 0.1) is 11.3 Å². The van der Waals surface area contributed by atoms with Gasteiger partial charge in [0.1, 0.15) is 17.3 Å². The fourth-order valence-electron chi connectivity index (χ4n) is 3.85. The van der Waals surface area contributed by atoms with Crippen LogP contribution in [0.2, 0.25) is 0 Å². The Morgan fingerprint density at radius 1 is 1.30 bits per heavy atom. The normalized spacial score (nSPS) is 22.6. The van der Waals surface area contributed by atoms with E-state index in [1.165, 1.54) is 5.56 Å². The molecule has 1 spiro atoms. The maximum Gasteiger partial charge on any atom is 0.240 e. The molecular formula is C17H25N5O. The third-order valence-corrected chi connectivity index (χ3v) is 5.37. The highest BCUT2D eigenvalue weighted by molar-refractivity contribution is 5.86. The summed E-state index contributed by atoms with van der Waals surface area (Å²) in [5.41, 5.74) is 1.52. The number of carbonyl (C=O) groups is 1. The van der Waals surface area contributed by atoms with Gasteiger partial charge in [-0.1, -0.05) is 0 Å². The van der Waals surface area contributed by atoms with Crippen molar-refractivity contribution in [2.45, 2.75) is 31.3 Å². The monoisotopic (exact) mass is 315 g/mol. The summed E-state index contributed by atoms with van der Waals surface area (Å²) in [6, 6.07) is 4.16. The van der Waals surface area contributed by atoms with E-state index >= 15 is 0 Å². The maximum absolute atomic E-state index is 12.5. The largest absolute Gasteiger partial charge is 0.354 e. The predicted octanol–water partition coefficient (Wildman–Crippen LogP) is 0.683. The Kier molecular flexibility index (Phi) is 4.42. The van der Waals surface area contributed by atoms with Crippen LogP contribution >= 0.6 is 0 Å². The lowest BCUT2D eigenvalue weighted by atomic mass is 9.85. The van der Waals surface area contributed by atoms with Gasteiger partial charge in [-0.25, -0.2) is 0 Å². The van der Waals surface area contributed by atoms with E-state index < -0.39 is 0 Å². The molecule has 2 aliphatic rings. The number of rotatable bonds is 2. The molecule has 23 heavy (non-hydrogen) atoms. The van der Waals surface area contributed by atoms with Crippen LogP contribution in [0.25, 0.3) is 0 Å². The molecule has 0 aromatic carbocycles. The first-order valence-electron chi connectivity index (χ1n) is 8.32. The second-order valence-corrected chi connectivity index (χ2v) is 6.80. The Labute approximate surface area is 137 Å². The number of nitriles is 1. The summed E-state index contributed by atoms with van der Waals surface area (Å²) in [6.45, 7) is 4.43. The number of hydrogen-bond acceptors (Lipinski definition) is 4. The van der Waals surface area contributed by atoms with E-state index in [1.54, 1.807) is 0 Å². The third kappa shape index (κ3) is 2.99. The number of likely N-dealkylation sites (tertiary alicyclic amines) is 1. The molecular weight excluding hydrogens is 290 g/mol. The summed E-state index contributed by atoms with van der Waals surface area (Å²) >= 11 is 0. The molecule has 1 N–H and O–H groups in total. The number of nitrogens with zero attached hydrogens (tertiary/aromatic N) is 4. The van der Waals surface area contributed by atoms with Crippen LogP contribution < -0.4 is 5.32 Å². The zero-order valence-corrected chi connectivity index (χ0v) is 14.0. The van der Waals surface area contributed by atoms with Crippen molar-refractivity contribution < 1.29 is 4.79 Å². The SMILES string of the molecule is CN1CCCNC(=O)C12CCN(Cc1cc(C#N)n(C)c1)CC2. The van der Waals surface area contributed by atoms with Crippen molar-refractivity contribution in [3.63, 3.8) is 0 Å². The van der Waals surface area contributed by atoms with Gasteiger partial charge in [-0.2, -0.15) is 5.26 Å². The van der Waals surface area contributed by atoms with Crippen LogP contribution in [0.3, 0.4) is 0 Å². The Morgan fingerprint density at radius 2 is 2.04 bits per heavy atom. The van der Waals surface area contributed by atoms with E-state index in [0.29, 0.717) is 5.69 Å². The standard InChI is InChI=1S/C17H25N5O/c1-20-12-14(10-15(20)11-18)13-22-8-4-17(5-9-22)16(23)19-6-3-7-21(17)2/h10,12H,3-9,13H2,1-2H3,(H,19,23). The van der Waals surface area contributed by atoms with Crippen molar-refractivity contribution in [2.24, 2.45) is 7.05 Å². The molecule has 2 aliphatic heterocycles. The molecule has 3 rings (SSSR count). The highest BCUT2D eigenvalue weighted by atomic mass is 16.2. The number of nitrogens with one attached hydrogen (secondary N) is 1. The minimum atomic E-state index is -0.332. The smallest absolute Gasteiger partial charge is 0.240 e. The van der Waals surface area contributed by atoms with Gasteiger partial charge in [0.25, 0.3) is 0 Å². The lowest BCUT2D eigenvalue weighted by Crippen LogP contribution is -2.60. The van der Waals surface area contributed by atoms with Crippen LogP contribution in [-0.4, -0.2) is 59.0 Å². The zero-order valence-electron chi connectivity index (χ0n) is 14.0. The number of carbonyl (C=O) groups excluding carboxylic acids is 1. The highest BCUT2D eigenvalue weighted by Crippen LogP contribution is 2.30. The predicted molar refractivity (Wildman–Crippen MR) is 87.6 cm³/mol. The van der Waals surface area contributed by atoms with Gasteiger partial charge in [0, 0.05) is 46.0 Å². The van der Waals surface area contributed by atoms with Gasteiger partial charge in [0.2, 0.25) is 5.91 Å². The van der Waals surface area contributed by atoms with Gasteiger partial charge in [0.05, 0.1) is 0 Å². The summed E-state index contributed by atoms with van der Waals surface area (Å²) < 4.78 is 1.87. The van der Waals surface area contributed by atoms with E-state index in [-0.39, 0.29) is 11.4 Å². The van der Waals surface area contributed by atoms with Crippen LogP contribution in [0.15, 0.2) is 12.3 Å². The summed E-state index contributed by atoms with van der Waals surface area (Å²) in [5.74, 6) is 0.198. The Bertz CT molecular complexity index is 621. The average Bonchev–Trinajstić information content (AvgIpc) is 2.85. The summed E-state index contributed by atoms with van der Waals surface area (Å²) in [6.07, 6.45) is 4.78. The third-order valence-electron chi connectivity index (χ3n) is 5.37. The molecule has 0 aliphatic carbocycles. The fourth-order valence-corrected chi connectivity index (χ4v) is 3.85. The van der Waals surface area contributed by atoms with Gasteiger partial charge in [-0.15, -0.1) is 0 Å². The molecule has 0 bridgehead atoms. The maximum atomic E-state index is 12.5. The Hall–Kier alpha value is -1.84. The van der Waals surface area contributed by atoms with Crippen molar-refractivity contribution in [3.8, 4) is 6.07 Å². The number of amides is 1. The molecule has 6 nitrogen and oxygen atoms in total. The van der Waals surface area contributed by atoms with Crippen LogP contribution in [0.1, 0.15) is 30.5 Å². The van der Waals surface area contributed by atoms with Crippen LogP contribution in [-0.2, 0) is 18.4 Å². The van der Waals surface area contributed by atoms with Gasteiger partial charge < -0.3 is 9.88 Å². The van der Waals surface area contributed by atoms with Crippen molar-refractivity contribution in [3.05, 3.63) is 23.5 Å². The molecule has 124 valence electrons. The Balaban J connectivity index is 1.65. The second kappa shape index (κ2) is 6.34. The number of likely N-dealkylation sites (N-methyl/N-ethyl adjacent to an activating group) is 1. The van der Waals surface area contributed by atoms with Crippen molar-refractivity contribution in [1.29, 1.82) is 5.26 Å². The first-order chi connectivity index (χ1) is 11.0. The topological polar surface area (TPSA) is 64.3 Å². The molecule has 1 amide bonds. The fraction of sp³-hybridized carbons (Fsp3) is 0.647. The number of aromatic nitrogens is 1. The summed E-state index contributed by atoms with van der Waals surface area (Å²) in [4.78, 5) is 17.2. The van der Waals surface area contributed by atoms with Crippen molar-refractivity contribution in [2.75, 3.05) is 33.2 Å². The van der Waals surface area contributed by atoms with Crippen LogP contribution in [0.4, 0.5) is 0 Å². The Morgan fingerprint density at radius 3 is 2.70 bits per heavy atom. The second-order valence-electron chi connectivity index (χ2n) is 6.80. The highest BCUT2D eigenvalue weighted by Gasteiger charge is 2.45. The molecule has 1 aromatic heterocycles. The first-order valence-corrected chi connectivity index (χ1v) is 8.32. The lowest BCUT2D eigenvalue weighted by molar-refractivity contribution is -0.134. The quantitative estimate of drug-likeness (QED) is 0.872. The van der Waals surface area contributed by atoms with Gasteiger partial charge >= 0.3 is 0 Å². The molecule has 2 saturated heterocycles. The molecule has 0 unspecified atom stereocenters. The summed E-state index contributed by atoms with van der Waals surface area (Å²) in [7, 11) is 3.98. The lowest BCUT2D eigenvalue weighted by Gasteiger charge is -2.45. The molecule has 1 aromatic rings. The van der Waals surface area contributed by atoms with Crippen molar-refractivity contribution >= 4 is 5.91 Å². The number of hydrogen-bond donors (Lipinski definition) is 1. The molecule has 0 saturated carbocycles. The van der Waals surface area contributed by atoms with E-state index in [9.17, 15) is 4.79 Å². The molecule has 3 heterocycles. The van der Waals surface area contributed by atoms with Crippen LogP contribution in [0.5, 0.6) is 0 Å². The van der Waals surface area contributed by atoms with Gasteiger partial charge in [-0.05, 0) is 37.9 Å². The average molecular weight is 315 g/mol. The zero-order chi connectivity index (χ0) is 16.4.